The van der Waals surface area contributed by atoms with E-state index in [2.05, 4.69) is 15.4 Å². The first-order valence-electron chi connectivity index (χ1n) is 7.63. The highest BCUT2D eigenvalue weighted by molar-refractivity contribution is 5.90. The maximum absolute atomic E-state index is 12.3. The van der Waals surface area contributed by atoms with Gasteiger partial charge in [-0.15, -0.1) is 0 Å². The summed E-state index contributed by atoms with van der Waals surface area (Å²) >= 11 is 0. The number of carbonyl (C=O) groups excluding carboxylic acids is 1. The molecule has 2 amide bonds. The van der Waals surface area contributed by atoms with Crippen molar-refractivity contribution >= 4 is 17.4 Å². The number of carbonyl (C=O) groups is 1. The number of nitrogens with zero attached hydrogens (tertiary/aromatic N) is 1. The topological polar surface area (TPSA) is 93.5 Å². The van der Waals surface area contributed by atoms with Crippen LogP contribution in [0.3, 0.4) is 0 Å². The zero-order chi connectivity index (χ0) is 19.3. The molecule has 0 spiro atoms. The molecular weight excluding hydrogens is 348 g/mol. The average molecular weight is 365 g/mol. The lowest BCUT2D eigenvalue weighted by molar-refractivity contribution is -0.384. The van der Waals surface area contributed by atoms with Crippen LogP contribution < -0.4 is 15.4 Å². The van der Waals surface area contributed by atoms with Gasteiger partial charge >= 0.3 is 12.6 Å². The zero-order valence-electron chi connectivity index (χ0n) is 14.0. The fourth-order valence-corrected chi connectivity index (χ4v) is 2.30. The molecular formula is C17H17F2N3O4. The number of hydrogen-bond donors (Lipinski definition) is 2. The number of amides is 2. The first kappa shape index (κ1) is 19.1. The van der Waals surface area contributed by atoms with E-state index in [0.717, 1.165) is 0 Å². The lowest BCUT2D eigenvalue weighted by atomic mass is 10.1. The van der Waals surface area contributed by atoms with Crippen molar-refractivity contribution in [2.45, 2.75) is 26.5 Å². The Morgan fingerprint density at radius 2 is 1.96 bits per heavy atom. The lowest BCUT2D eigenvalue weighted by Gasteiger charge is -2.16. The van der Waals surface area contributed by atoms with Gasteiger partial charge in [0.05, 0.1) is 11.0 Å². The van der Waals surface area contributed by atoms with Gasteiger partial charge in [0, 0.05) is 17.8 Å². The number of ether oxygens (including phenoxy) is 1. The number of nitro groups is 1. The van der Waals surface area contributed by atoms with Crippen LogP contribution in [0.4, 0.5) is 25.0 Å². The molecule has 9 heteroatoms. The third-order valence-corrected chi connectivity index (χ3v) is 3.60. The van der Waals surface area contributed by atoms with Crippen LogP contribution >= 0.6 is 0 Å². The monoisotopic (exact) mass is 365 g/mol. The summed E-state index contributed by atoms with van der Waals surface area (Å²) in [6, 6.07) is 9.08. The fourth-order valence-electron chi connectivity index (χ4n) is 2.30. The zero-order valence-corrected chi connectivity index (χ0v) is 14.0. The van der Waals surface area contributed by atoms with Crippen LogP contribution in [0.2, 0.25) is 0 Å². The second-order valence-electron chi connectivity index (χ2n) is 5.53. The van der Waals surface area contributed by atoms with Crippen LogP contribution in [-0.2, 0) is 0 Å². The number of urea groups is 1. The number of aryl methyl sites for hydroxylation is 1. The molecule has 0 saturated carbocycles. The molecule has 1 unspecified atom stereocenters. The molecule has 0 aromatic heterocycles. The van der Waals surface area contributed by atoms with E-state index >= 15 is 0 Å². The van der Waals surface area contributed by atoms with Gasteiger partial charge in [0.15, 0.2) is 0 Å². The Bertz CT molecular complexity index is 814. The molecule has 0 saturated heterocycles. The van der Waals surface area contributed by atoms with Gasteiger partial charge in [-0.2, -0.15) is 8.78 Å². The number of non-ortho nitro benzene ring substituents is 1. The fraction of sp³-hybridized carbons (Fsp3) is 0.235. The van der Waals surface area contributed by atoms with E-state index in [1.54, 1.807) is 26.0 Å². The molecule has 0 aliphatic carbocycles. The summed E-state index contributed by atoms with van der Waals surface area (Å²) in [4.78, 5) is 22.3. The second-order valence-corrected chi connectivity index (χ2v) is 5.53. The van der Waals surface area contributed by atoms with E-state index < -0.39 is 23.6 Å². The first-order valence-corrected chi connectivity index (χ1v) is 7.63. The average Bonchev–Trinajstić information content (AvgIpc) is 2.56. The van der Waals surface area contributed by atoms with Crippen LogP contribution in [0.5, 0.6) is 5.75 Å². The number of anilines is 1. The largest absolute Gasteiger partial charge is 0.435 e. The molecule has 0 aliphatic heterocycles. The van der Waals surface area contributed by atoms with Crippen LogP contribution in [0.15, 0.2) is 42.5 Å². The van der Waals surface area contributed by atoms with Crippen molar-refractivity contribution in [1.82, 2.24) is 5.32 Å². The van der Waals surface area contributed by atoms with Crippen molar-refractivity contribution in [3.05, 3.63) is 63.7 Å². The summed E-state index contributed by atoms with van der Waals surface area (Å²) in [6.45, 7) is 0.392. The predicted molar refractivity (Wildman–Crippen MR) is 91.5 cm³/mol. The van der Waals surface area contributed by atoms with Gasteiger partial charge in [0.1, 0.15) is 5.75 Å². The third kappa shape index (κ3) is 5.13. The summed E-state index contributed by atoms with van der Waals surface area (Å²) in [6.07, 6.45) is 0. The Kier molecular flexibility index (Phi) is 6.05. The van der Waals surface area contributed by atoms with Gasteiger partial charge in [0.2, 0.25) is 0 Å². The van der Waals surface area contributed by atoms with Crippen LogP contribution in [0, 0.1) is 17.0 Å². The minimum absolute atomic E-state index is 0.00206. The minimum atomic E-state index is -2.93. The Morgan fingerprint density at radius 3 is 2.58 bits per heavy atom. The molecule has 0 aliphatic rings. The van der Waals surface area contributed by atoms with Crippen LogP contribution in [0.1, 0.15) is 24.1 Å². The van der Waals surface area contributed by atoms with Crippen LogP contribution in [0.25, 0.3) is 0 Å². The van der Waals surface area contributed by atoms with Gasteiger partial charge in [-0.3, -0.25) is 10.1 Å². The van der Waals surface area contributed by atoms with Gasteiger partial charge in [-0.1, -0.05) is 12.1 Å². The number of rotatable bonds is 6. The number of hydrogen-bond acceptors (Lipinski definition) is 4. The molecule has 2 aromatic carbocycles. The molecule has 0 radical (unpaired) electrons. The summed E-state index contributed by atoms with van der Waals surface area (Å²) < 4.78 is 28.9. The molecule has 0 heterocycles. The molecule has 7 nitrogen and oxygen atoms in total. The van der Waals surface area contributed by atoms with Gasteiger partial charge < -0.3 is 15.4 Å². The Morgan fingerprint density at radius 1 is 1.23 bits per heavy atom. The van der Waals surface area contributed by atoms with Gasteiger partial charge in [0.25, 0.3) is 5.69 Å². The number of alkyl halides is 2. The molecule has 26 heavy (non-hydrogen) atoms. The standard InChI is InChI=1S/C17H17F2N3O4/c1-10-8-13(22(24)25)6-7-15(10)21-17(23)20-11(2)12-4-3-5-14(9-12)26-16(18)19/h3-9,11,16H,1-2H3,(H2,20,21,23). The Labute approximate surface area is 148 Å². The molecule has 0 fully saturated rings. The first-order chi connectivity index (χ1) is 12.3. The maximum atomic E-state index is 12.3. The summed E-state index contributed by atoms with van der Waals surface area (Å²) in [7, 11) is 0. The number of halogens is 2. The molecule has 1 atom stereocenters. The summed E-state index contributed by atoms with van der Waals surface area (Å²) in [5.74, 6) is -0.00206. The van der Waals surface area contributed by atoms with Crippen molar-refractivity contribution in [2.24, 2.45) is 0 Å². The maximum Gasteiger partial charge on any atom is 0.387 e. The highest BCUT2D eigenvalue weighted by Crippen LogP contribution is 2.23. The molecule has 138 valence electrons. The van der Waals surface area contributed by atoms with E-state index in [1.807, 2.05) is 0 Å². The predicted octanol–water partition coefficient (Wildman–Crippen LogP) is 4.39. The lowest BCUT2D eigenvalue weighted by Crippen LogP contribution is -2.31. The van der Waals surface area contributed by atoms with Gasteiger partial charge in [-0.25, -0.2) is 4.79 Å². The van der Waals surface area contributed by atoms with E-state index in [0.29, 0.717) is 16.8 Å². The third-order valence-electron chi connectivity index (χ3n) is 3.60. The molecule has 2 rings (SSSR count). The van der Waals surface area contributed by atoms with E-state index in [9.17, 15) is 23.7 Å². The van der Waals surface area contributed by atoms with Crippen molar-refractivity contribution in [3.8, 4) is 5.75 Å². The molecule has 0 bridgehead atoms. The summed E-state index contributed by atoms with van der Waals surface area (Å²) in [5.41, 5.74) is 1.47. The van der Waals surface area contributed by atoms with Gasteiger partial charge in [-0.05, 0) is 43.2 Å². The Hall–Kier alpha value is -3.23. The number of benzene rings is 2. The number of nitro benzene ring substituents is 1. The highest BCUT2D eigenvalue weighted by atomic mass is 19.3. The van der Waals surface area contributed by atoms with Crippen molar-refractivity contribution < 1.29 is 23.2 Å². The smallest absolute Gasteiger partial charge is 0.387 e. The SMILES string of the molecule is Cc1cc([N+](=O)[O-])ccc1NC(=O)NC(C)c1cccc(OC(F)F)c1. The normalized spacial score (nSPS) is 11.7. The van der Waals surface area contributed by atoms with E-state index in [4.69, 9.17) is 0 Å². The number of nitrogens with one attached hydrogen (secondary N) is 2. The highest BCUT2D eigenvalue weighted by Gasteiger charge is 2.14. The second kappa shape index (κ2) is 8.24. The van der Waals surface area contributed by atoms with Crippen molar-refractivity contribution in [3.63, 3.8) is 0 Å². The van der Waals surface area contributed by atoms with Crippen molar-refractivity contribution in [1.29, 1.82) is 0 Å². The molecule has 2 N–H and O–H groups in total. The minimum Gasteiger partial charge on any atom is -0.435 e. The summed E-state index contributed by atoms with van der Waals surface area (Å²) in [5, 5.41) is 16.0. The van der Waals surface area contributed by atoms with E-state index in [-0.39, 0.29) is 11.4 Å². The Balaban J connectivity index is 2.02. The van der Waals surface area contributed by atoms with Crippen LogP contribution in [-0.4, -0.2) is 17.6 Å². The van der Waals surface area contributed by atoms with E-state index in [1.165, 1.54) is 30.3 Å². The molecule has 2 aromatic rings. The van der Waals surface area contributed by atoms with Crippen molar-refractivity contribution in [2.75, 3.05) is 5.32 Å². The quantitative estimate of drug-likeness (QED) is 0.586.